The zero-order chi connectivity index (χ0) is 19.2. The molecule has 0 saturated heterocycles. The molecule has 0 atom stereocenters. The lowest BCUT2D eigenvalue weighted by molar-refractivity contribution is -0.384. The lowest BCUT2D eigenvalue weighted by Gasteiger charge is -1.97. The molecule has 1 heterocycles. The Kier molecular flexibility index (Phi) is 5.90. The van der Waals surface area contributed by atoms with Crippen molar-refractivity contribution in [2.45, 2.75) is 6.42 Å². The molecular weight excluding hydrogens is 388 g/mol. The molecule has 0 fully saturated rings. The van der Waals surface area contributed by atoms with E-state index in [1.165, 1.54) is 29.5 Å². The molecule has 1 aromatic heterocycles. The summed E-state index contributed by atoms with van der Waals surface area (Å²) in [5.41, 5.74) is 1.72. The quantitative estimate of drug-likeness (QED) is 0.377. The second-order valence-electron chi connectivity index (χ2n) is 5.48. The van der Waals surface area contributed by atoms with Crippen LogP contribution in [0.2, 0.25) is 5.02 Å². The van der Waals surface area contributed by atoms with E-state index < -0.39 is 4.92 Å². The van der Waals surface area contributed by atoms with Crippen molar-refractivity contribution in [3.63, 3.8) is 0 Å². The molecule has 1 N–H and O–H groups in total. The van der Waals surface area contributed by atoms with Crippen molar-refractivity contribution in [3.05, 3.63) is 85.9 Å². The third-order valence-electron chi connectivity index (χ3n) is 3.50. The largest absolute Gasteiger partial charge is 0.297 e. The second-order valence-corrected chi connectivity index (χ2v) is 6.97. The Labute approximate surface area is 163 Å². The third kappa shape index (κ3) is 5.44. The summed E-state index contributed by atoms with van der Waals surface area (Å²) in [6, 6.07) is 13.3. The number of nitro groups is 1. The Morgan fingerprint density at radius 2 is 1.85 bits per heavy atom. The molecule has 136 valence electrons. The molecule has 1 amide bonds. The normalized spacial score (nSPS) is 10.9. The van der Waals surface area contributed by atoms with Gasteiger partial charge < -0.3 is 0 Å². The number of carbonyl (C=O) groups is 1. The van der Waals surface area contributed by atoms with Crippen molar-refractivity contribution in [3.8, 4) is 0 Å². The molecule has 27 heavy (non-hydrogen) atoms. The maximum absolute atomic E-state index is 12.0. The van der Waals surface area contributed by atoms with Gasteiger partial charge in [-0.25, -0.2) is 0 Å². The Balaban J connectivity index is 1.57. The van der Waals surface area contributed by atoms with Gasteiger partial charge in [0.05, 0.1) is 4.92 Å². The van der Waals surface area contributed by atoms with E-state index in [0.29, 0.717) is 22.1 Å². The maximum atomic E-state index is 12.0. The fourth-order valence-corrected chi connectivity index (χ4v) is 3.08. The van der Waals surface area contributed by atoms with Crippen LogP contribution in [0.3, 0.4) is 0 Å². The molecular formula is C18H13ClN4O3S. The minimum absolute atomic E-state index is 0.00122. The van der Waals surface area contributed by atoms with Gasteiger partial charge >= 0.3 is 0 Å². The number of benzene rings is 2. The molecule has 0 aliphatic rings. The number of amides is 1. The first kappa shape index (κ1) is 18.7. The summed E-state index contributed by atoms with van der Waals surface area (Å²) in [4.78, 5) is 22.1. The average Bonchev–Trinajstić information content (AvgIpc) is 3.09. The highest BCUT2D eigenvalue weighted by Gasteiger charge is 2.08. The number of rotatable bonds is 6. The standard InChI is InChI=1S/C18H13ClN4O3S/c19-14-6-1-13(2-7-14)11-17-21-22-18(27-17)20-16(24)10-5-12-3-8-15(9-4-12)23(25)26/h1-10H,11H2,(H,20,22,24). The predicted molar refractivity (Wildman–Crippen MR) is 105 cm³/mol. The van der Waals surface area contributed by atoms with Crippen LogP contribution >= 0.6 is 22.9 Å². The van der Waals surface area contributed by atoms with Crippen molar-refractivity contribution in [1.82, 2.24) is 10.2 Å². The van der Waals surface area contributed by atoms with E-state index in [9.17, 15) is 14.9 Å². The summed E-state index contributed by atoms with van der Waals surface area (Å²) in [6.07, 6.45) is 3.50. The number of aromatic nitrogens is 2. The van der Waals surface area contributed by atoms with E-state index in [2.05, 4.69) is 15.5 Å². The fourth-order valence-electron chi connectivity index (χ4n) is 2.18. The van der Waals surface area contributed by atoms with E-state index in [4.69, 9.17) is 11.6 Å². The Morgan fingerprint density at radius 1 is 1.15 bits per heavy atom. The van der Waals surface area contributed by atoms with Crippen molar-refractivity contribution >= 4 is 45.7 Å². The van der Waals surface area contributed by atoms with E-state index in [1.807, 2.05) is 24.3 Å². The van der Waals surface area contributed by atoms with Crippen LogP contribution in [0.1, 0.15) is 16.1 Å². The topological polar surface area (TPSA) is 98.0 Å². The van der Waals surface area contributed by atoms with Gasteiger partial charge in [0.1, 0.15) is 5.01 Å². The van der Waals surface area contributed by atoms with E-state index >= 15 is 0 Å². The Hall–Kier alpha value is -3.10. The van der Waals surface area contributed by atoms with Crippen LogP contribution in [0.15, 0.2) is 54.6 Å². The SMILES string of the molecule is O=C(C=Cc1ccc([N+](=O)[O-])cc1)Nc1nnc(Cc2ccc(Cl)cc2)s1. The predicted octanol–water partition coefficient (Wildman–Crippen LogP) is 4.34. The summed E-state index contributed by atoms with van der Waals surface area (Å²) >= 11 is 7.15. The molecule has 3 rings (SSSR count). The van der Waals surface area contributed by atoms with Crippen molar-refractivity contribution in [2.24, 2.45) is 0 Å². The second kappa shape index (κ2) is 8.52. The summed E-state index contributed by atoms with van der Waals surface area (Å²) < 4.78 is 0. The van der Waals surface area contributed by atoms with Gasteiger partial charge in [-0.3, -0.25) is 20.2 Å². The first-order valence-electron chi connectivity index (χ1n) is 7.80. The highest BCUT2D eigenvalue weighted by atomic mass is 35.5. The monoisotopic (exact) mass is 400 g/mol. The number of nitrogens with one attached hydrogen (secondary N) is 1. The van der Waals surface area contributed by atoms with E-state index in [0.717, 1.165) is 10.6 Å². The summed E-state index contributed by atoms with van der Waals surface area (Å²) in [6.45, 7) is 0. The zero-order valence-corrected chi connectivity index (χ0v) is 15.4. The molecule has 7 nitrogen and oxygen atoms in total. The fraction of sp³-hybridized carbons (Fsp3) is 0.0556. The van der Waals surface area contributed by atoms with Gasteiger partial charge in [0.15, 0.2) is 0 Å². The van der Waals surface area contributed by atoms with Gasteiger partial charge in [-0.05, 0) is 41.5 Å². The molecule has 0 unspecified atom stereocenters. The Bertz CT molecular complexity index is 985. The smallest absolute Gasteiger partial charge is 0.269 e. The molecule has 2 aromatic carbocycles. The number of hydrogen-bond donors (Lipinski definition) is 1. The number of non-ortho nitro benzene ring substituents is 1. The average molecular weight is 401 g/mol. The maximum Gasteiger partial charge on any atom is 0.269 e. The molecule has 0 aliphatic carbocycles. The van der Waals surface area contributed by atoms with E-state index in [1.54, 1.807) is 18.2 Å². The molecule has 0 aliphatic heterocycles. The highest BCUT2D eigenvalue weighted by molar-refractivity contribution is 7.15. The van der Waals surface area contributed by atoms with Crippen LogP contribution < -0.4 is 5.32 Å². The minimum atomic E-state index is -0.475. The van der Waals surface area contributed by atoms with Gasteiger partial charge in [0.25, 0.3) is 5.69 Å². The van der Waals surface area contributed by atoms with Crippen LogP contribution in [-0.2, 0) is 11.2 Å². The van der Waals surface area contributed by atoms with Crippen LogP contribution in [0.5, 0.6) is 0 Å². The van der Waals surface area contributed by atoms with E-state index in [-0.39, 0.29) is 11.6 Å². The first-order valence-corrected chi connectivity index (χ1v) is 8.99. The van der Waals surface area contributed by atoms with Crippen LogP contribution in [-0.4, -0.2) is 21.0 Å². The number of hydrogen-bond acceptors (Lipinski definition) is 6. The number of halogens is 1. The molecule has 9 heteroatoms. The summed E-state index contributed by atoms with van der Waals surface area (Å²) in [5.74, 6) is -0.359. The van der Waals surface area contributed by atoms with Gasteiger partial charge in [-0.15, -0.1) is 10.2 Å². The van der Waals surface area contributed by atoms with Crippen molar-refractivity contribution in [2.75, 3.05) is 5.32 Å². The molecule has 0 saturated carbocycles. The molecule has 0 spiro atoms. The van der Waals surface area contributed by atoms with Crippen molar-refractivity contribution < 1.29 is 9.72 Å². The van der Waals surface area contributed by atoms with Gasteiger partial charge in [0.2, 0.25) is 11.0 Å². The number of anilines is 1. The summed E-state index contributed by atoms with van der Waals surface area (Å²) in [7, 11) is 0. The summed E-state index contributed by atoms with van der Waals surface area (Å²) in [5, 5.41) is 23.1. The lowest BCUT2D eigenvalue weighted by atomic mass is 10.2. The van der Waals surface area contributed by atoms with Crippen LogP contribution in [0, 0.1) is 10.1 Å². The van der Waals surface area contributed by atoms with Crippen molar-refractivity contribution in [1.29, 1.82) is 0 Å². The van der Waals surface area contributed by atoms with Crippen LogP contribution in [0.25, 0.3) is 6.08 Å². The number of nitrogens with zero attached hydrogens (tertiary/aromatic N) is 3. The number of nitro benzene ring substituents is 1. The van der Waals surface area contributed by atoms with Gasteiger partial charge in [-0.1, -0.05) is 35.1 Å². The first-order chi connectivity index (χ1) is 13.0. The zero-order valence-electron chi connectivity index (χ0n) is 13.8. The molecule has 0 bridgehead atoms. The molecule has 3 aromatic rings. The highest BCUT2D eigenvalue weighted by Crippen LogP contribution is 2.20. The Morgan fingerprint density at radius 3 is 2.52 bits per heavy atom. The lowest BCUT2D eigenvalue weighted by Crippen LogP contribution is -2.07. The molecule has 0 radical (unpaired) electrons. The minimum Gasteiger partial charge on any atom is -0.297 e. The third-order valence-corrected chi connectivity index (χ3v) is 4.59. The number of carbonyl (C=O) groups excluding carboxylic acids is 1. The van der Waals surface area contributed by atoms with Gasteiger partial charge in [-0.2, -0.15) is 0 Å². The van der Waals surface area contributed by atoms with Crippen LogP contribution in [0.4, 0.5) is 10.8 Å². The van der Waals surface area contributed by atoms with Gasteiger partial charge in [0, 0.05) is 29.7 Å².